The van der Waals surface area contributed by atoms with E-state index in [0.717, 1.165) is 18.5 Å². The van der Waals surface area contributed by atoms with E-state index in [1.54, 1.807) is 0 Å². The van der Waals surface area contributed by atoms with Crippen LogP contribution in [-0.2, 0) is 9.53 Å². The molecule has 0 heterocycles. The Morgan fingerprint density at radius 1 is 1.35 bits per heavy atom. The number of ether oxygens (including phenoxy) is 1. The summed E-state index contributed by atoms with van der Waals surface area (Å²) in [5.41, 5.74) is 0.990. The number of rotatable bonds is 5. The van der Waals surface area contributed by atoms with Gasteiger partial charge in [-0.05, 0) is 43.7 Å². The van der Waals surface area contributed by atoms with Crippen molar-refractivity contribution in [1.82, 2.24) is 0 Å². The van der Waals surface area contributed by atoms with E-state index < -0.39 is 0 Å². The van der Waals surface area contributed by atoms with Crippen LogP contribution in [-0.4, -0.2) is 18.6 Å². The highest BCUT2D eigenvalue weighted by molar-refractivity contribution is 5.79. The maximum absolute atomic E-state index is 12.3. The van der Waals surface area contributed by atoms with Gasteiger partial charge in [-0.1, -0.05) is 38.0 Å². The molecule has 3 atom stereocenters. The minimum absolute atomic E-state index is 0.115. The first-order valence-electron chi connectivity index (χ1n) is 7.69. The van der Waals surface area contributed by atoms with Gasteiger partial charge in [0, 0.05) is 5.69 Å². The molecule has 0 saturated heterocycles. The summed E-state index contributed by atoms with van der Waals surface area (Å²) in [6.07, 6.45) is 4.69. The van der Waals surface area contributed by atoms with Crippen molar-refractivity contribution in [3.05, 3.63) is 30.3 Å². The Hall–Kier alpha value is -1.51. The summed E-state index contributed by atoms with van der Waals surface area (Å²) >= 11 is 0. The second kappa shape index (κ2) is 7.32. The largest absolute Gasteiger partial charge is 0.464 e. The Morgan fingerprint density at radius 3 is 2.75 bits per heavy atom. The maximum Gasteiger partial charge on any atom is 0.328 e. The van der Waals surface area contributed by atoms with E-state index in [0.29, 0.717) is 18.4 Å². The van der Waals surface area contributed by atoms with Crippen LogP contribution in [0.4, 0.5) is 5.69 Å². The lowest BCUT2D eigenvalue weighted by Gasteiger charge is -2.32. The quantitative estimate of drug-likeness (QED) is 0.829. The minimum atomic E-state index is -0.222. The van der Waals surface area contributed by atoms with Crippen LogP contribution in [0.5, 0.6) is 0 Å². The zero-order valence-corrected chi connectivity index (χ0v) is 12.5. The first-order valence-corrected chi connectivity index (χ1v) is 7.69. The lowest BCUT2D eigenvalue weighted by atomic mass is 9.78. The van der Waals surface area contributed by atoms with Crippen LogP contribution in [0.3, 0.4) is 0 Å². The van der Waals surface area contributed by atoms with Gasteiger partial charge in [-0.2, -0.15) is 0 Å². The lowest BCUT2D eigenvalue weighted by Crippen LogP contribution is -2.40. The van der Waals surface area contributed by atoms with Crippen LogP contribution in [0.2, 0.25) is 0 Å². The van der Waals surface area contributed by atoms with Crippen molar-refractivity contribution >= 4 is 11.7 Å². The fourth-order valence-electron chi connectivity index (χ4n) is 3.10. The number of hydrogen-bond acceptors (Lipinski definition) is 3. The SMILES string of the molecule is CCOC(=O)C(Nc1ccccc1)C1CCCC(C)C1. The molecule has 3 heteroatoms. The first kappa shape index (κ1) is 14.9. The van der Waals surface area contributed by atoms with E-state index in [1.165, 1.54) is 12.8 Å². The number of nitrogens with one attached hydrogen (secondary N) is 1. The van der Waals surface area contributed by atoms with Gasteiger partial charge in [0.1, 0.15) is 6.04 Å². The smallest absolute Gasteiger partial charge is 0.328 e. The lowest BCUT2D eigenvalue weighted by molar-refractivity contribution is -0.145. The molecule has 3 nitrogen and oxygen atoms in total. The number of carbonyl (C=O) groups is 1. The molecule has 2 rings (SSSR count). The molecule has 1 aliphatic carbocycles. The van der Waals surface area contributed by atoms with Crippen LogP contribution < -0.4 is 5.32 Å². The zero-order chi connectivity index (χ0) is 14.4. The van der Waals surface area contributed by atoms with Gasteiger partial charge in [0.05, 0.1) is 6.61 Å². The van der Waals surface area contributed by atoms with E-state index in [-0.39, 0.29) is 12.0 Å². The average molecular weight is 275 g/mol. The predicted octanol–water partition coefficient (Wildman–Crippen LogP) is 3.86. The summed E-state index contributed by atoms with van der Waals surface area (Å²) in [7, 11) is 0. The molecule has 1 saturated carbocycles. The van der Waals surface area contributed by atoms with E-state index in [9.17, 15) is 4.79 Å². The van der Waals surface area contributed by atoms with E-state index >= 15 is 0 Å². The Balaban J connectivity index is 2.09. The molecule has 0 radical (unpaired) electrons. The van der Waals surface area contributed by atoms with Crippen LogP contribution in [0.15, 0.2) is 30.3 Å². The van der Waals surface area contributed by atoms with Crippen molar-refractivity contribution < 1.29 is 9.53 Å². The normalized spacial score (nSPS) is 23.9. The molecule has 110 valence electrons. The number of para-hydroxylation sites is 1. The van der Waals surface area contributed by atoms with Crippen molar-refractivity contribution in [2.24, 2.45) is 11.8 Å². The standard InChI is InChI=1S/C17H25NO2/c1-3-20-17(19)16(14-9-7-8-13(2)12-14)18-15-10-5-4-6-11-15/h4-6,10-11,13-14,16,18H,3,7-9,12H2,1-2H3. The molecule has 1 aromatic rings. The van der Waals surface area contributed by atoms with Crippen molar-refractivity contribution in [2.75, 3.05) is 11.9 Å². The third-order valence-corrected chi connectivity index (χ3v) is 4.08. The predicted molar refractivity (Wildman–Crippen MR) is 81.6 cm³/mol. The third kappa shape index (κ3) is 3.99. The third-order valence-electron chi connectivity index (χ3n) is 4.08. The van der Waals surface area contributed by atoms with Gasteiger partial charge in [0.15, 0.2) is 0 Å². The second-order valence-corrected chi connectivity index (χ2v) is 5.77. The topological polar surface area (TPSA) is 38.3 Å². The molecule has 0 amide bonds. The van der Waals surface area contributed by atoms with Crippen molar-refractivity contribution in [1.29, 1.82) is 0 Å². The highest BCUT2D eigenvalue weighted by Gasteiger charge is 2.32. The molecule has 1 aromatic carbocycles. The molecular formula is C17H25NO2. The van der Waals surface area contributed by atoms with Crippen LogP contribution in [0, 0.1) is 11.8 Å². The summed E-state index contributed by atoms with van der Waals surface area (Å²) < 4.78 is 5.26. The van der Waals surface area contributed by atoms with Crippen molar-refractivity contribution in [3.8, 4) is 0 Å². The number of carbonyl (C=O) groups excluding carboxylic acids is 1. The minimum Gasteiger partial charge on any atom is -0.464 e. The van der Waals surface area contributed by atoms with Crippen LogP contribution in [0.1, 0.15) is 39.5 Å². The first-order chi connectivity index (χ1) is 9.70. The summed E-state index contributed by atoms with van der Waals surface area (Å²) in [4.78, 5) is 12.3. The summed E-state index contributed by atoms with van der Waals surface area (Å²) in [6.45, 7) is 4.58. The average Bonchev–Trinajstić information content (AvgIpc) is 2.46. The molecule has 1 aliphatic rings. The van der Waals surface area contributed by atoms with Gasteiger partial charge in [-0.3, -0.25) is 0 Å². The van der Waals surface area contributed by atoms with Crippen molar-refractivity contribution in [3.63, 3.8) is 0 Å². The fraction of sp³-hybridized carbons (Fsp3) is 0.588. The molecule has 0 bridgehead atoms. The Morgan fingerprint density at radius 2 is 2.10 bits per heavy atom. The van der Waals surface area contributed by atoms with E-state index in [4.69, 9.17) is 4.74 Å². The molecule has 0 aliphatic heterocycles. The summed E-state index contributed by atoms with van der Waals surface area (Å²) in [5, 5.41) is 3.38. The van der Waals surface area contributed by atoms with Crippen LogP contribution >= 0.6 is 0 Å². The van der Waals surface area contributed by atoms with E-state index in [1.807, 2.05) is 37.3 Å². The Labute approximate surface area is 121 Å². The number of esters is 1. The summed E-state index contributed by atoms with van der Waals surface area (Å²) in [6, 6.07) is 9.71. The molecule has 20 heavy (non-hydrogen) atoms. The number of anilines is 1. The van der Waals surface area contributed by atoms with Crippen LogP contribution in [0.25, 0.3) is 0 Å². The fourth-order valence-corrected chi connectivity index (χ4v) is 3.10. The van der Waals surface area contributed by atoms with Gasteiger partial charge >= 0.3 is 5.97 Å². The molecular weight excluding hydrogens is 250 g/mol. The van der Waals surface area contributed by atoms with Gasteiger partial charge < -0.3 is 10.1 Å². The molecule has 1 N–H and O–H groups in total. The monoisotopic (exact) mass is 275 g/mol. The van der Waals surface area contributed by atoms with Gasteiger partial charge in [-0.15, -0.1) is 0 Å². The Bertz CT molecular complexity index is 418. The van der Waals surface area contributed by atoms with Gasteiger partial charge in [-0.25, -0.2) is 4.79 Å². The second-order valence-electron chi connectivity index (χ2n) is 5.77. The molecule has 1 fully saturated rings. The molecule has 3 unspecified atom stereocenters. The highest BCUT2D eigenvalue weighted by Crippen LogP contribution is 2.32. The number of benzene rings is 1. The van der Waals surface area contributed by atoms with Crippen molar-refractivity contribution in [2.45, 2.75) is 45.6 Å². The van der Waals surface area contributed by atoms with E-state index in [2.05, 4.69) is 12.2 Å². The molecule has 0 spiro atoms. The number of hydrogen-bond donors (Lipinski definition) is 1. The maximum atomic E-state index is 12.3. The molecule has 0 aromatic heterocycles. The Kier molecular flexibility index (Phi) is 5.45. The highest BCUT2D eigenvalue weighted by atomic mass is 16.5. The van der Waals surface area contributed by atoms with Gasteiger partial charge in [0.25, 0.3) is 0 Å². The zero-order valence-electron chi connectivity index (χ0n) is 12.5. The summed E-state index contributed by atoms with van der Waals surface area (Å²) in [5.74, 6) is 0.955. The van der Waals surface area contributed by atoms with Gasteiger partial charge in [0.2, 0.25) is 0 Å².